The van der Waals surface area contributed by atoms with Crippen LogP contribution in [0.15, 0.2) is 30.3 Å². The first-order valence-corrected chi connectivity index (χ1v) is 8.82. The third-order valence-electron chi connectivity index (χ3n) is 3.82. The third kappa shape index (κ3) is 4.30. The lowest BCUT2D eigenvalue weighted by Gasteiger charge is -2.21. The van der Waals surface area contributed by atoms with Crippen LogP contribution in [-0.4, -0.2) is 43.5 Å². The number of amides is 2. The molecule has 3 rings (SSSR count). The van der Waals surface area contributed by atoms with Crippen molar-refractivity contribution in [3.8, 4) is 11.5 Å². The number of hydrogen-bond acceptors (Lipinski definition) is 5. The van der Waals surface area contributed by atoms with Gasteiger partial charge in [-0.3, -0.25) is 9.59 Å². The summed E-state index contributed by atoms with van der Waals surface area (Å²) in [5.41, 5.74) is 0.945. The van der Waals surface area contributed by atoms with Gasteiger partial charge in [0.1, 0.15) is 13.2 Å². The summed E-state index contributed by atoms with van der Waals surface area (Å²) in [5, 5.41) is 2.66. The van der Waals surface area contributed by atoms with Gasteiger partial charge in [-0.2, -0.15) is 0 Å². The fourth-order valence-electron chi connectivity index (χ4n) is 2.48. The molecule has 6 nitrogen and oxygen atoms in total. The van der Waals surface area contributed by atoms with Crippen LogP contribution in [0.3, 0.4) is 0 Å². The summed E-state index contributed by atoms with van der Waals surface area (Å²) in [7, 11) is 1.71. The molecule has 1 aromatic carbocycles. The second kappa shape index (κ2) is 7.57. The number of fused-ring (bicyclic) bond motifs is 1. The summed E-state index contributed by atoms with van der Waals surface area (Å²) in [6.45, 7) is 3.42. The van der Waals surface area contributed by atoms with Gasteiger partial charge < -0.3 is 19.7 Å². The second-order valence-corrected chi connectivity index (χ2v) is 7.11. The van der Waals surface area contributed by atoms with E-state index in [0.717, 1.165) is 16.2 Å². The minimum Gasteiger partial charge on any atom is -0.486 e. The van der Waals surface area contributed by atoms with Crippen LogP contribution in [0.1, 0.15) is 20.1 Å². The number of likely N-dealkylation sites (N-methyl/N-ethyl adjacent to an activating group) is 1. The Morgan fingerprint density at radius 3 is 2.64 bits per heavy atom. The van der Waals surface area contributed by atoms with Crippen LogP contribution in [0, 0.1) is 6.92 Å². The normalized spacial score (nSPS) is 12.6. The summed E-state index contributed by atoms with van der Waals surface area (Å²) in [6, 6.07) is 9.28. The van der Waals surface area contributed by atoms with Crippen molar-refractivity contribution >= 4 is 23.2 Å². The number of thiophene rings is 1. The van der Waals surface area contributed by atoms with Crippen molar-refractivity contribution in [1.82, 2.24) is 10.2 Å². The molecule has 0 spiro atoms. The summed E-state index contributed by atoms with van der Waals surface area (Å²) in [5.74, 6) is 1.05. The van der Waals surface area contributed by atoms with Crippen LogP contribution in [-0.2, 0) is 11.3 Å². The number of ether oxygens (including phenoxy) is 2. The van der Waals surface area contributed by atoms with Gasteiger partial charge in [-0.15, -0.1) is 11.3 Å². The number of rotatable bonds is 5. The van der Waals surface area contributed by atoms with Gasteiger partial charge in [0.05, 0.1) is 11.4 Å². The molecule has 25 heavy (non-hydrogen) atoms. The molecule has 0 bridgehead atoms. The highest BCUT2D eigenvalue weighted by molar-refractivity contribution is 7.13. The Kier molecular flexibility index (Phi) is 5.23. The van der Waals surface area contributed by atoms with E-state index >= 15 is 0 Å². The van der Waals surface area contributed by atoms with Gasteiger partial charge in [-0.1, -0.05) is 6.07 Å². The Morgan fingerprint density at radius 2 is 1.92 bits per heavy atom. The van der Waals surface area contributed by atoms with Crippen LogP contribution in [0.4, 0.5) is 0 Å². The minimum absolute atomic E-state index is 0.0309. The number of nitrogens with zero attached hydrogens (tertiary/aromatic N) is 1. The number of hydrogen-bond donors (Lipinski definition) is 1. The maximum Gasteiger partial charge on any atom is 0.261 e. The lowest BCUT2D eigenvalue weighted by Crippen LogP contribution is -2.37. The monoisotopic (exact) mass is 360 g/mol. The van der Waals surface area contributed by atoms with E-state index in [0.29, 0.717) is 30.4 Å². The predicted molar refractivity (Wildman–Crippen MR) is 95.3 cm³/mol. The molecule has 0 radical (unpaired) electrons. The van der Waals surface area contributed by atoms with Gasteiger partial charge in [-0.25, -0.2) is 0 Å². The molecule has 132 valence electrons. The standard InChI is InChI=1S/C18H20N2O4S/c1-12-3-6-16(25-12)18(22)19-10-17(21)20(2)11-13-4-5-14-15(9-13)24-8-7-23-14/h3-6,9H,7-8,10-11H2,1-2H3,(H,19,22). The third-order valence-corrected chi connectivity index (χ3v) is 4.82. The van der Waals surface area contributed by atoms with Crippen LogP contribution in [0.25, 0.3) is 0 Å². The van der Waals surface area contributed by atoms with Crippen molar-refractivity contribution in [2.75, 3.05) is 26.8 Å². The zero-order chi connectivity index (χ0) is 17.8. The Bertz CT molecular complexity index is 787. The number of benzene rings is 1. The van der Waals surface area contributed by atoms with E-state index in [1.54, 1.807) is 18.0 Å². The fraction of sp³-hybridized carbons (Fsp3) is 0.333. The quantitative estimate of drug-likeness (QED) is 0.888. The number of carbonyl (C=O) groups excluding carboxylic acids is 2. The zero-order valence-corrected chi connectivity index (χ0v) is 15.0. The largest absolute Gasteiger partial charge is 0.486 e. The predicted octanol–water partition coefficient (Wildman–Crippen LogP) is 2.22. The lowest BCUT2D eigenvalue weighted by molar-refractivity contribution is -0.129. The van der Waals surface area contributed by atoms with Crippen molar-refractivity contribution in [3.63, 3.8) is 0 Å². The smallest absolute Gasteiger partial charge is 0.261 e. The van der Waals surface area contributed by atoms with E-state index in [1.165, 1.54) is 11.3 Å². The maximum absolute atomic E-state index is 12.2. The van der Waals surface area contributed by atoms with Crippen LogP contribution >= 0.6 is 11.3 Å². The molecule has 7 heteroatoms. The van der Waals surface area contributed by atoms with E-state index in [4.69, 9.17) is 9.47 Å². The topological polar surface area (TPSA) is 67.9 Å². The SMILES string of the molecule is Cc1ccc(C(=O)NCC(=O)N(C)Cc2ccc3c(c2)OCCO3)s1. The zero-order valence-electron chi connectivity index (χ0n) is 14.2. The van der Waals surface area contributed by atoms with E-state index in [9.17, 15) is 9.59 Å². The molecular formula is C18H20N2O4S. The first kappa shape index (κ1) is 17.3. The molecule has 0 saturated carbocycles. The summed E-state index contributed by atoms with van der Waals surface area (Å²) in [6.07, 6.45) is 0. The molecule has 1 aliphatic heterocycles. The highest BCUT2D eigenvalue weighted by Crippen LogP contribution is 2.31. The van der Waals surface area contributed by atoms with Crippen molar-refractivity contribution < 1.29 is 19.1 Å². The molecule has 1 N–H and O–H groups in total. The van der Waals surface area contributed by atoms with Gasteiger partial charge in [0.15, 0.2) is 11.5 Å². The molecule has 2 amide bonds. The first-order valence-electron chi connectivity index (χ1n) is 8.00. The average Bonchev–Trinajstić information content (AvgIpc) is 3.05. The van der Waals surface area contributed by atoms with E-state index < -0.39 is 0 Å². The van der Waals surface area contributed by atoms with E-state index in [2.05, 4.69) is 5.32 Å². The number of aryl methyl sites for hydroxylation is 1. The molecule has 1 aliphatic rings. The Morgan fingerprint density at radius 1 is 1.16 bits per heavy atom. The van der Waals surface area contributed by atoms with E-state index in [1.807, 2.05) is 31.2 Å². The molecule has 0 aliphatic carbocycles. The summed E-state index contributed by atoms with van der Waals surface area (Å²) in [4.78, 5) is 27.5. The van der Waals surface area contributed by atoms with Gasteiger partial charge in [-0.05, 0) is 36.8 Å². The van der Waals surface area contributed by atoms with Crippen molar-refractivity contribution in [1.29, 1.82) is 0 Å². The fourth-order valence-corrected chi connectivity index (χ4v) is 3.27. The Labute approximate surface area is 150 Å². The number of nitrogens with one attached hydrogen (secondary N) is 1. The Balaban J connectivity index is 1.53. The van der Waals surface area contributed by atoms with Gasteiger partial charge in [0.2, 0.25) is 5.91 Å². The van der Waals surface area contributed by atoms with Crippen molar-refractivity contribution in [2.24, 2.45) is 0 Å². The molecule has 2 aromatic rings. The van der Waals surface area contributed by atoms with Crippen LogP contribution in [0.2, 0.25) is 0 Å². The highest BCUT2D eigenvalue weighted by atomic mass is 32.1. The molecule has 0 saturated heterocycles. The summed E-state index contributed by atoms with van der Waals surface area (Å²) >= 11 is 1.41. The summed E-state index contributed by atoms with van der Waals surface area (Å²) < 4.78 is 11.0. The second-order valence-electron chi connectivity index (χ2n) is 5.82. The van der Waals surface area contributed by atoms with Gasteiger partial charge >= 0.3 is 0 Å². The molecule has 0 fully saturated rings. The van der Waals surface area contributed by atoms with Crippen molar-refractivity contribution in [2.45, 2.75) is 13.5 Å². The first-order chi connectivity index (χ1) is 12.0. The minimum atomic E-state index is -0.223. The van der Waals surface area contributed by atoms with Crippen LogP contribution in [0.5, 0.6) is 11.5 Å². The van der Waals surface area contributed by atoms with Gasteiger partial charge in [0, 0.05) is 18.5 Å². The average molecular weight is 360 g/mol. The molecule has 0 atom stereocenters. The molecular weight excluding hydrogens is 340 g/mol. The number of carbonyl (C=O) groups is 2. The maximum atomic E-state index is 12.2. The molecule has 0 unspecified atom stereocenters. The molecule has 2 heterocycles. The Hall–Kier alpha value is -2.54. The highest BCUT2D eigenvalue weighted by Gasteiger charge is 2.15. The van der Waals surface area contributed by atoms with Gasteiger partial charge in [0.25, 0.3) is 5.91 Å². The lowest BCUT2D eigenvalue weighted by atomic mass is 10.2. The van der Waals surface area contributed by atoms with Crippen LogP contribution < -0.4 is 14.8 Å². The van der Waals surface area contributed by atoms with E-state index in [-0.39, 0.29) is 18.4 Å². The molecule has 1 aromatic heterocycles. The van der Waals surface area contributed by atoms with Crippen molar-refractivity contribution in [3.05, 3.63) is 45.6 Å².